The summed E-state index contributed by atoms with van der Waals surface area (Å²) in [5, 5.41) is 3.31. The number of benzene rings is 1. The molecular weight excluding hydrogens is 414 g/mol. The van der Waals surface area contributed by atoms with Gasteiger partial charge in [0.2, 0.25) is 5.91 Å². The predicted molar refractivity (Wildman–Crippen MR) is 123 cm³/mol. The second kappa shape index (κ2) is 9.34. The number of anilines is 3. The van der Waals surface area contributed by atoms with Crippen LogP contribution in [0.25, 0.3) is 0 Å². The first-order valence-corrected chi connectivity index (χ1v) is 11.1. The molecule has 4 rings (SSSR count). The Morgan fingerprint density at radius 2 is 2.16 bits per heavy atom. The number of carbonyl (C=O) groups excluding carboxylic acids is 2. The minimum Gasteiger partial charge on any atom is -0.319 e. The number of amides is 2. The standard InChI is InChI=1S/C23H28ClN5O2/c1-27(13-10-17-6-3-4-12-28(17)2)15-21(30)29-20-14-16(24)8-9-18(20)23(31)26-19-7-5-11-25-22(19)29/h5,7-9,11,14,17H,3-4,6,10,12-13,15H2,1-2H3,(H,26,31). The summed E-state index contributed by atoms with van der Waals surface area (Å²) in [6, 6.07) is 8.98. The molecule has 1 aromatic heterocycles. The number of hydrogen-bond donors (Lipinski definition) is 1. The second-order valence-corrected chi connectivity index (χ2v) is 8.81. The first-order valence-electron chi connectivity index (χ1n) is 10.7. The van der Waals surface area contributed by atoms with E-state index in [1.54, 1.807) is 36.5 Å². The summed E-state index contributed by atoms with van der Waals surface area (Å²) in [5.74, 6) is -0.0355. The van der Waals surface area contributed by atoms with Crippen molar-refractivity contribution < 1.29 is 9.59 Å². The molecule has 1 N–H and O–H groups in total. The molecule has 7 nitrogen and oxygen atoms in total. The van der Waals surface area contributed by atoms with Crippen molar-refractivity contribution in [3.63, 3.8) is 0 Å². The van der Waals surface area contributed by atoms with Crippen molar-refractivity contribution >= 4 is 40.6 Å². The molecule has 0 aliphatic carbocycles. The van der Waals surface area contributed by atoms with E-state index in [1.807, 2.05) is 11.9 Å². The third-order valence-corrected chi connectivity index (χ3v) is 6.35. The minimum absolute atomic E-state index is 0.153. The average molecular weight is 442 g/mol. The molecule has 1 aromatic carbocycles. The van der Waals surface area contributed by atoms with Gasteiger partial charge in [-0.05, 0) is 76.8 Å². The minimum atomic E-state index is -0.287. The van der Waals surface area contributed by atoms with Crippen molar-refractivity contribution in [2.75, 3.05) is 43.9 Å². The van der Waals surface area contributed by atoms with Crippen molar-refractivity contribution in [2.45, 2.75) is 31.7 Å². The molecule has 2 aromatic rings. The van der Waals surface area contributed by atoms with Crippen LogP contribution in [0, 0.1) is 0 Å². The molecule has 3 heterocycles. The first-order chi connectivity index (χ1) is 14.9. The molecule has 2 amide bonds. The highest BCUT2D eigenvalue weighted by atomic mass is 35.5. The van der Waals surface area contributed by atoms with Crippen LogP contribution >= 0.6 is 11.6 Å². The second-order valence-electron chi connectivity index (χ2n) is 8.38. The van der Waals surface area contributed by atoms with Crippen LogP contribution in [0.1, 0.15) is 36.0 Å². The van der Waals surface area contributed by atoms with E-state index < -0.39 is 0 Å². The number of aromatic nitrogens is 1. The lowest BCUT2D eigenvalue weighted by Crippen LogP contribution is -2.41. The molecule has 31 heavy (non-hydrogen) atoms. The van der Waals surface area contributed by atoms with Gasteiger partial charge in [0.25, 0.3) is 5.91 Å². The van der Waals surface area contributed by atoms with Gasteiger partial charge in [0.15, 0.2) is 5.82 Å². The fourth-order valence-corrected chi connectivity index (χ4v) is 4.54. The molecule has 164 valence electrons. The summed E-state index contributed by atoms with van der Waals surface area (Å²) >= 11 is 6.22. The van der Waals surface area contributed by atoms with Crippen LogP contribution in [0.15, 0.2) is 36.5 Å². The number of fused-ring (bicyclic) bond motifs is 2. The largest absolute Gasteiger partial charge is 0.319 e. The van der Waals surface area contributed by atoms with Gasteiger partial charge in [-0.15, -0.1) is 0 Å². The van der Waals surface area contributed by atoms with Crippen molar-refractivity contribution in [3.05, 3.63) is 47.1 Å². The average Bonchev–Trinajstić information content (AvgIpc) is 2.86. The predicted octanol–water partition coefficient (Wildman–Crippen LogP) is 3.77. The Morgan fingerprint density at radius 3 is 2.97 bits per heavy atom. The number of piperidine rings is 1. The van der Waals surface area contributed by atoms with Crippen LogP contribution in [0.3, 0.4) is 0 Å². The first kappa shape index (κ1) is 21.7. The molecule has 1 fully saturated rings. The Bertz CT molecular complexity index is 982. The summed E-state index contributed by atoms with van der Waals surface area (Å²) in [5.41, 5.74) is 1.34. The smallest absolute Gasteiger partial charge is 0.257 e. The van der Waals surface area contributed by atoms with E-state index in [0.29, 0.717) is 33.8 Å². The number of hydrogen-bond acceptors (Lipinski definition) is 5. The van der Waals surface area contributed by atoms with Gasteiger partial charge in [0.05, 0.1) is 23.5 Å². The van der Waals surface area contributed by atoms with Gasteiger partial charge >= 0.3 is 0 Å². The molecule has 2 aliphatic rings. The summed E-state index contributed by atoms with van der Waals surface area (Å²) in [6.07, 6.45) is 6.38. The zero-order valence-electron chi connectivity index (χ0n) is 18.0. The Morgan fingerprint density at radius 1 is 1.32 bits per heavy atom. The van der Waals surface area contributed by atoms with E-state index in [9.17, 15) is 9.59 Å². The molecule has 1 atom stereocenters. The molecule has 0 bridgehead atoms. The van der Waals surface area contributed by atoms with Gasteiger partial charge in [-0.2, -0.15) is 0 Å². The lowest BCUT2D eigenvalue weighted by Gasteiger charge is -2.33. The highest BCUT2D eigenvalue weighted by Crippen LogP contribution is 2.37. The van der Waals surface area contributed by atoms with Crippen molar-refractivity contribution in [1.29, 1.82) is 0 Å². The van der Waals surface area contributed by atoms with Crippen LogP contribution in [0.4, 0.5) is 17.2 Å². The SMILES string of the molecule is CN(CCC1CCCCN1C)CC(=O)N1c2cc(Cl)ccc2C(=O)Nc2cccnc21. The van der Waals surface area contributed by atoms with Crippen molar-refractivity contribution in [3.8, 4) is 0 Å². The number of carbonyl (C=O) groups is 2. The molecule has 8 heteroatoms. The highest BCUT2D eigenvalue weighted by molar-refractivity contribution is 6.31. The zero-order chi connectivity index (χ0) is 22.0. The fraction of sp³-hybridized carbons (Fsp3) is 0.435. The molecule has 0 spiro atoms. The van der Waals surface area contributed by atoms with Gasteiger partial charge in [-0.1, -0.05) is 18.0 Å². The van der Waals surface area contributed by atoms with E-state index in [2.05, 4.69) is 22.2 Å². The number of nitrogens with zero attached hydrogens (tertiary/aromatic N) is 4. The molecule has 0 saturated carbocycles. The summed E-state index contributed by atoms with van der Waals surface area (Å²) in [4.78, 5) is 36.6. The number of likely N-dealkylation sites (tertiary alicyclic amines) is 1. The van der Waals surface area contributed by atoms with Crippen LogP contribution in [0.5, 0.6) is 0 Å². The Balaban J connectivity index is 1.56. The Labute approximate surface area is 188 Å². The molecule has 1 saturated heterocycles. The van der Waals surface area contributed by atoms with E-state index >= 15 is 0 Å². The maximum absolute atomic E-state index is 13.5. The van der Waals surface area contributed by atoms with Crippen molar-refractivity contribution in [2.24, 2.45) is 0 Å². The fourth-order valence-electron chi connectivity index (χ4n) is 4.37. The number of likely N-dealkylation sites (N-methyl/N-ethyl adjacent to an activating group) is 1. The molecular formula is C23H28ClN5O2. The van der Waals surface area contributed by atoms with Gasteiger partial charge in [0.1, 0.15) is 0 Å². The maximum Gasteiger partial charge on any atom is 0.257 e. The molecule has 2 aliphatic heterocycles. The number of halogens is 1. The lowest BCUT2D eigenvalue weighted by atomic mass is 10.00. The van der Waals surface area contributed by atoms with E-state index in [-0.39, 0.29) is 18.4 Å². The van der Waals surface area contributed by atoms with Gasteiger partial charge in [-0.25, -0.2) is 4.98 Å². The number of rotatable bonds is 5. The zero-order valence-corrected chi connectivity index (χ0v) is 18.7. The third-order valence-electron chi connectivity index (χ3n) is 6.11. The van der Waals surface area contributed by atoms with Crippen LogP contribution in [-0.4, -0.2) is 66.4 Å². The van der Waals surface area contributed by atoms with E-state index in [1.165, 1.54) is 24.2 Å². The van der Waals surface area contributed by atoms with E-state index in [4.69, 9.17) is 11.6 Å². The van der Waals surface area contributed by atoms with Crippen LogP contribution in [0.2, 0.25) is 5.02 Å². The summed E-state index contributed by atoms with van der Waals surface area (Å²) in [6.45, 7) is 2.18. The quantitative estimate of drug-likeness (QED) is 0.764. The Hall–Kier alpha value is -2.48. The Kier molecular flexibility index (Phi) is 6.55. The van der Waals surface area contributed by atoms with Crippen molar-refractivity contribution in [1.82, 2.24) is 14.8 Å². The highest BCUT2D eigenvalue weighted by Gasteiger charge is 2.31. The lowest BCUT2D eigenvalue weighted by molar-refractivity contribution is -0.118. The number of pyridine rings is 1. The monoisotopic (exact) mass is 441 g/mol. The maximum atomic E-state index is 13.5. The molecule has 0 radical (unpaired) electrons. The molecule has 1 unspecified atom stereocenters. The number of nitrogens with one attached hydrogen (secondary N) is 1. The van der Waals surface area contributed by atoms with E-state index in [0.717, 1.165) is 19.5 Å². The third kappa shape index (κ3) is 4.74. The van der Waals surface area contributed by atoms with Gasteiger partial charge in [-0.3, -0.25) is 19.4 Å². The van der Waals surface area contributed by atoms with Crippen LogP contribution < -0.4 is 10.2 Å². The van der Waals surface area contributed by atoms with Crippen LogP contribution in [-0.2, 0) is 4.79 Å². The topological polar surface area (TPSA) is 68.8 Å². The van der Waals surface area contributed by atoms with Gasteiger partial charge < -0.3 is 10.2 Å². The summed E-state index contributed by atoms with van der Waals surface area (Å²) < 4.78 is 0. The normalized spacial score (nSPS) is 18.9. The summed E-state index contributed by atoms with van der Waals surface area (Å²) in [7, 11) is 4.14. The van der Waals surface area contributed by atoms with Gasteiger partial charge in [0, 0.05) is 17.3 Å².